The topological polar surface area (TPSA) is 78.9 Å². The highest BCUT2D eigenvalue weighted by Crippen LogP contribution is 2.21. The van der Waals surface area contributed by atoms with Crippen LogP contribution < -0.4 is 5.32 Å². The molecule has 1 amide bonds. The second-order valence-electron chi connectivity index (χ2n) is 5.17. The molecule has 2 N–H and O–H groups in total. The predicted octanol–water partition coefficient (Wildman–Crippen LogP) is 0.174. The molecule has 0 aromatic carbocycles. The molecule has 0 bridgehead atoms. The molecule has 6 nitrogen and oxygen atoms in total. The third kappa shape index (κ3) is 4.64. The molecule has 2 rings (SSSR count). The Balaban J connectivity index is 1.80. The Morgan fingerprint density at radius 2 is 2.10 bits per heavy atom. The first-order valence-electron chi connectivity index (χ1n) is 7.08. The van der Waals surface area contributed by atoms with Crippen molar-refractivity contribution < 1.29 is 19.4 Å². The van der Waals surface area contributed by atoms with Gasteiger partial charge in [0.25, 0.3) is 0 Å². The molecule has 2 aliphatic heterocycles. The molecule has 2 aliphatic rings. The lowest BCUT2D eigenvalue weighted by atomic mass is 10.1. The minimum Gasteiger partial charge on any atom is -0.481 e. The van der Waals surface area contributed by atoms with Gasteiger partial charge < -0.3 is 20.1 Å². The zero-order valence-corrected chi connectivity index (χ0v) is 12.4. The number of rotatable bonds is 5. The molecule has 114 valence electrons. The highest BCUT2D eigenvalue weighted by atomic mass is 32.2. The quantitative estimate of drug-likeness (QED) is 0.754. The van der Waals surface area contributed by atoms with E-state index in [1.807, 2.05) is 0 Å². The Labute approximate surface area is 123 Å². The maximum absolute atomic E-state index is 12.3. The maximum atomic E-state index is 12.3. The van der Waals surface area contributed by atoms with Gasteiger partial charge in [-0.1, -0.05) is 0 Å². The van der Waals surface area contributed by atoms with Crippen LogP contribution in [0.3, 0.4) is 0 Å². The van der Waals surface area contributed by atoms with E-state index in [1.54, 1.807) is 16.7 Å². The minimum absolute atomic E-state index is 0.0379. The van der Waals surface area contributed by atoms with Gasteiger partial charge in [-0.15, -0.1) is 11.8 Å². The summed E-state index contributed by atoms with van der Waals surface area (Å²) in [6.45, 7) is 3.37. The summed E-state index contributed by atoms with van der Waals surface area (Å²) >= 11 is 1.70. The lowest BCUT2D eigenvalue weighted by Gasteiger charge is -2.35. The van der Waals surface area contributed by atoms with Gasteiger partial charge in [0.2, 0.25) is 5.91 Å². The van der Waals surface area contributed by atoms with Gasteiger partial charge in [-0.2, -0.15) is 0 Å². The van der Waals surface area contributed by atoms with E-state index in [0.29, 0.717) is 30.8 Å². The van der Waals surface area contributed by atoms with Gasteiger partial charge in [0.1, 0.15) is 0 Å². The van der Waals surface area contributed by atoms with Crippen LogP contribution in [0.15, 0.2) is 0 Å². The number of carboxylic acids is 1. The molecule has 1 atom stereocenters. The van der Waals surface area contributed by atoms with Crippen molar-refractivity contribution in [3.05, 3.63) is 0 Å². The Bertz CT molecular complexity index is 347. The monoisotopic (exact) mass is 302 g/mol. The average Bonchev–Trinajstić information content (AvgIpc) is 2.46. The first-order chi connectivity index (χ1) is 9.66. The number of amides is 1. The summed E-state index contributed by atoms with van der Waals surface area (Å²) < 4.78 is 5.29. The summed E-state index contributed by atoms with van der Waals surface area (Å²) in [5.74, 6) is -0.395. The van der Waals surface area contributed by atoms with Crippen LogP contribution in [-0.2, 0) is 14.3 Å². The fourth-order valence-electron chi connectivity index (χ4n) is 2.59. The third-order valence-corrected chi connectivity index (χ3v) is 5.04. The molecule has 2 heterocycles. The molecular formula is C13H22N2O4S. The second kappa shape index (κ2) is 7.85. The van der Waals surface area contributed by atoms with Crippen LogP contribution in [0.1, 0.15) is 19.3 Å². The first kappa shape index (κ1) is 15.6. The molecule has 0 aromatic rings. The predicted molar refractivity (Wildman–Crippen MR) is 76.9 cm³/mol. The Morgan fingerprint density at radius 3 is 2.80 bits per heavy atom. The summed E-state index contributed by atoms with van der Waals surface area (Å²) in [6, 6.07) is -0.317. The summed E-state index contributed by atoms with van der Waals surface area (Å²) in [5, 5.41) is 12.7. The van der Waals surface area contributed by atoms with Gasteiger partial charge in [0.15, 0.2) is 0 Å². The van der Waals surface area contributed by atoms with Crippen LogP contribution in [0, 0.1) is 0 Å². The van der Waals surface area contributed by atoms with Gasteiger partial charge >= 0.3 is 5.97 Å². The molecular weight excluding hydrogens is 280 g/mol. The van der Waals surface area contributed by atoms with Crippen molar-refractivity contribution in [1.82, 2.24) is 10.2 Å². The van der Waals surface area contributed by atoms with Gasteiger partial charge in [0.05, 0.1) is 31.4 Å². The van der Waals surface area contributed by atoms with Crippen LogP contribution in [0.4, 0.5) is 0 Å². The van der Waals surface area contributed by atoms with Crippen molar-refractivity contribution in [2.24, 2.45) is 0 Å². The number of nitrogens with one attached hydrogen (secondary N) is 1. The lowest BCUT2D eigenvalue weighted by molar-refractivity contribution is -0.144. The van der Waals surface area contributed by atoms with Crippen LogP contribution in [0.25, 0.3) is 0 Å². The van der Waals surface area contributed by atoms with Gasteiger partial charge in [-0.3, -0.25) is 9.59 Å². The number of morpholine rings is 1. The lowest BCUT2D eigenvalue weighted by Crippen LogP contribution is -2.50. The van der Waals surface area contributed by atoms with Gasteiger partial charge in [-0.25, -0.2) is 0 Å². The van der Waals surface area contributed by atoms with Crippen LogP contribution >= 0.6 is 11.8 Å². The van der Waals surface area contributed by atoms with Crippen molar-refractivity contribution in [3.8, 4) is 0 Å². The van der Waals surface area contributed by atoms with Crippen LogP contribution in [0.5, 0.6) is 0 Å². The fourth-order valence-corrected chi connectivity index (χ4v) is 3.70. The first-order valence-corrected chi connectivity index (χ1v) is 8.13. The number of carboxylic acid groups (broad SMARTS) is 1. The van der Waals surface area contributed by atoms with Gasteiger partial charge in [-0.05, 0) is 25.9 Å². The molecule has 2 fully saturated rings. The number of hydrogen-bond acceptors (Lipinski definition) is 5. The summed E-state index contributed by atoms with van der Waals surface area (Å²) in [6.07, 6.45) is 2.16. The highest BCUT2D eigenvalue weighted by Gasteiger charge is 2.29. The molecule has 0 radical (unpaired) electrons. The van der Waals surface area contributed by atoms with E-state index in [0.717, 1.165) is 25.9 Å². The number of nitrogens with zero attached hydrogens (tertiary/aromatic N) is 1. The van der Waals surface area contributed by atoms with Crippen molar-refractivity contribution >= 4 is 23.6 Å². The SMILES string of the molecule is O=C(O)CC1COCCN1C(=O)CSC1CCNCC1. The van der Waals surface area contributed by atoms with Crippen molar-refractivity contribution in [1.29, 1.82) is 0 Å². The molecule has 7 heteroatoms. The number of ether oxygens (including phenoxy) is 1. The van der Waals surface area contributed by atoms with E-state index in [4.69, 9.17) is 9.84 Å². The smallest absolute Gasteiger partial charge is 0.305 e. The van der Waals surface area contributed by atoms with E-state index >= 15 is 0 Å². The number of hydrogen-bond donors (Lipinski definition) is 2. The van der Waals surface area contributed by atoms with Crippen LogP contribution in [-0.4, -0.2) is 71.8 Å². The van der Waals surface area contributed by atoms with Crippen molar-refractivity contribution in [2.75, 3.05) is 38.6 Å². The van der Waals surface area contributed by atoms with Gasteiger partial charge in [0, 0.05) is 11.8 Å². The minimum atomic E-state index is -0.885. The Morgan fingerprint density at radius 1 is 1.35 bits per heavy atom. The molecule has 0 spiro atoms. The Hall–Kier alpha value is -0.790. The molecule has 1 unspecified atom stereocenters. The zero-order valence-electron chi connectivity index (χ0n) is 11.5. The summed E-state index contributed by atoms with van der Waals surface area (Å²) in [4.78, 5) is 24.8. The number of carbonyl (C=O) groups is 2. The molecule has 2 saturated heterocycles. The molecule has 0 saturated carbocycles. The van der Waals surface area contributed by atoms with E-state index in [2.05, 4.69) is 5.32 Å². The van der Waals surface area contributed by atoms with E-state index in [1.165, 1.54) is 0 Å². The molecule has 0 aliphatic carbocycles. The number of thioether (sulfide) groups is 1. The largest absolute Gasteiger partial charge is 0.481 e. The third-order valence-electron chi connectivity index (χ3n) is 3.69. The number of aliphatic carboxylic acids is 1. The van der Waals surface area contributed by atoms with Crippen molar-refractivity contribution in [3.63, 3.8) is 0 Å². The number of carbonyl (C=O) groups excluding carboxylic acids is 1. The van der Waals surface area contributed by atoms with Crippen LogP contribution in [0.2, 0.25) is 0 Å². The summed E-state index contributed by atoms with van der Waals surface area (Å²) in [7, 11) is 0. The standard InChI is InChI=1S/C13H22N2O4S/c16-12(9-20-11-1-3-14-4-2-11)15-5-6-19-8-10(15)7-13(17)18/h10-11,14H,1-9H2,(H,17,18). The average molecular weight is 302 g/mol. The molecule has 0 aromatic heterocycles. The highest BCUT2D eigenvalue weighted by molar-refractivity contribution is 8.00. The van der Waals surface area contributed by atoms with E-state index in [9.17, 15) is 9.59 Å². The van der Waals surface area contributed by atoms with E-state index in [-0.39, 0.29) is 18.4 Å². The zero-order chi connectivity index (χ0) is 14.4. The maximum Gasteiger partial charge on any atom is 0.305 e. The second-order valence-corrected chi connectivity index (χ2v) is 6.46. The normalized spacial score (nSPS) is 24.6. The Kier molecular flexibility index (Phi) is 6.12. The molecule has 20 heavy (non-hydrogen) atoms. The number of piperidine rings is 1. The summed E-state index contributed by atoms with van der Waals surface area (Å²) in [5.41, 5.74) is 0. The van der Waals surface area contributed by atoms with Crippen molar-refractivity contribution in [2.45, 2.75) is 30.6 Å². The fraction of sp³-hybridized carbons (Fsp3) is 0.846. The van der Waals surface area contributed by atoms with E-state index < -0.39 is 5.97 Å².